The number of rotatable bonds is 18. The summed E-state index contributed by atoms with van der Waals surface area (Å²) in [6.45, 7) is 8.23. The Balaban J connectivity index is 1.57. The molecule has 0 atom stereocenters. The van der Waals surface area contributed by atoms with E-state index in [1.165, 1.54) is 35.7 Å². The number of aromatic nitrogens is 6. The fraction of sp³-hybridized carbons (Fsp3) is 0.316. The lowest BCUT2D eigenvalue weighted by Crippen LogP contribution is -2.34. The molecule has 4 heterocycles. The molecule has 310 valence electrons. The normalized spacial score (nSPS) is 12.5. The molecule has 9 N–H and O–H groups in total. The molecule has 0 aliphatic heterocycles. The van der Waals surface area contributed by atoms with Crippen LogP contribution in [0.4, 0.5) is 5.95 Å². The van der Waals surface area contributed by atoms with Gasteiger partial charge < -0.3 is 26.5 Å². The topological polar surface area (TPSA) is 287 Å². The number of thiazole rings is 1. The number of pyridine rings is 1. The Morgan fingerprint density at radius 1 is 0.983 bits per heavy atom. The van der Waals surface area contributed by atoms with Crippen molar-refractivity contribution in [1.82, 2.24) is 39.7 Å². The summed E-state index contributed by atoms with van der Waals surface area (Å²) >= 11 is 1.17. The lowest BCUT2D eigenvalue weighted by atomic mass is 10.1. The summed E-state index contributed by atoms with van der Waals surface area (Å²) in [5.74, 6) is -2.37. The van der Waals surface area contributed by atoms with Crippen molar-refractivity contribution in [3.05, 3.63) is 81.7 Å². The zero-order chi connectivity index (χ0) is 42.8. The van der Waals surface area contributed by atoms with Crippen LogP contribution in [0.5, 0.6) is 5.75 Å². The number of carbonyl (C=O) groups excluding carboxylic acids is 5. The Morgan fingerprint density at radius 2 is 1.71 bits per heavy atom. The smallest absolute Gasteiger partial charge is 0.297 e. The van der Waals surface area contributed by atoms with E-state index in [4.69, 9.17) is 21.9 Å². The number of hydrogen-bond donors (Lipinski definition) is 6. The number of hydrazine groups is 1. The largest absolute Gasteiger partial charge is 0.491 e. The van der Waals surface area contributed by atoms with E-state index in [0.717, 1.165) is 0 Å². The lowest BCUT2D eigenvalue weighted by Gasteiger charge is -2.13. The van der Waals surface area contributed by atoms with Gasteiger partial charge in [-0.05, 0) is 64.5 Å². The fourth-order valence-electron chi connectivity index (χ4n) is 5.91. The van der Waals surface area contributed by atoms with Gasteiger partial charge in [0.25, 0.3) is 11.8 Å². The Morgan fingerprint density at radius 3 is 2.37 bits per heavy atom. The Kier molecular flexibility index (Phi) is 14.2. The van der Waals surface area contributed by atoms with E-state index in [1.54, 1.807) is 65.9 Å². The fourth-order valence-corrected chi connectivity index (χ4v) is 6.95. The van der Waals surface area contributed by atoms with Crippen LogP contribution in [0.3, 0.4) is 0 Å². The SMILES string of the molecule is CCN=C(/C=C(/C)N)C(=O)Nc1nc2cc(C(N)=O)cc(OCCCC(=O)NNC)c2n1C/C=C/Cn1c(=NC(=O)c2cc(C)nn2CC)sc2cc(C(N)=O)cnc21. The van der Waals surface area contributed by atoms with E-state index in [0.29, 0.717) is 62.8 Å². The summed E-state index contributed by atoms with van der Waals surface area (Å²) in [6, 6.07) is 6.23. The van der Waals surface area contributed by atoms with Crippen molar-refractivity contribution >= 4 is 73.9 Å². The minimum absolute atomic E-state index is 0.0755. The highest BCUT2D eigenvalue weighted by Gasteiger charge is 2.21. The van der Waals surface area contributed by atoms with Crippen molar-refractivity contribution in [2.24, 2.45) is 27.2 Å². The number of anilines is 1. The first-order valence-corrected chi connectivity index (χ1v) is 19.4. The molecule has 0 radical (unpaired) electrons. The lowest BCUT2D eigenvalue weighted by molar-refractivity contribution is -0.122. The molecule has 0 spiro atoms. The van der Waals surface area contributed by atoms with Crippen molar-refractivity contribution in [3.63, 3.8) is 0 Å². The van der Waals surface area contributed by atoms with Gasteiger partial charge in [0.1, 0.15) is 22.7 Å². The summed E-state index contributed by atoms with van der Waals surface area (Å²) in [4.78, 5) is 81.6. The molecule has 0 bridgehead atoms. The molecule has 0 aliphatic carbocycles. The molecular weight excluding hydrogens is 781 g/mol. The second-order valence-electron chi connectivity index (χ2n) is 13.0. The maximum atomic E-state index is 13.6. The summed E-state index contributed by atoms with van der Waals surface area (Å²) in [7, 11) is 1.58. The van der Waals surface area contributed by atoms with E-state index < -0.39 is 23.6 Å². The average molecular weight is 827 g/mol. The molecule has 1 aromatic carbocycles. The highest BCUT2D eigenvalue weighted by molar-refractivity contribution is 7.16. The summed E-state index contributed by atoms with van der Waals surface area (Å²) in [5.41, 5.74) is 25.1. The van der Waals surface area contributed by atoms with E-state index in [9.17, 15) is 24.0 Å². The predicted octanol–water partition coefficient (Wildman–Crippen LogP) is 1.84. The van der Waals surface area contributed by atoms with Crippen LogP contribution in [0.2, 0.25) is 0 Å². The number of fused-ring (bicyclic) bond motifs is 2. The first kappa shape index (κ1) is 43.1. The third-order valence-corrected chi connectivity index (χ3v) is 9.49. The number of benzene rings is 1. The average Bonchev–Trinajstić information content (AvgIpc) is 3.86. The van der Waals surface area contributed by atoms with Gasteiger partial charge in [-0.25, -0.2) is 15.4 Å². The minimum Gasteiger partial charge on any atom is -0.491 e. The highest BCUT2D eigenvalue weighted by atomic mass is 32.1. The number of allylic oxidation sites excluding steroid dienone is 3. The number of carbonyl (C=O) groups is 5. The van der Waals surface area contributed by atoms with Gasteiger partial charge in [0.05, 0.1) is 28.1 Å². The third kappa shape index (κ3) is 10.5. The second kappa shape index (κ2) is 19.4. The number of aliphatic imine (C=N–C) groups is 1. The maximum absolute atomic E-state index is 13.6. The molecule has 5 aromatic rings. The number of nitrogens with zero attached hydrogens (tertiary/aromatic N) is 8. The van der Waals surface area contributed by atoms with Crippen molar-refractivity contribution in [2.75, 3.05) is 25.5 Å². The molecular formula is C38H46N14O6S. The molecule has 4 aromatic heterocycles. The quantitative estimate of drug-likeness (QED) is 0.0321. The molecule has 0 unspecified atom stereocenters. The molecule has 0 fully saturated rings. The van der Waals surface area contributed by atoms with E-state index >= 15 is 0 Å². The highest BCUT2D eigenvalue weighted by Crippen LogP contribution is 2.31. The van der Waals surface area contributed by atoms with Crippen LogP contribution in [-0.4, -0.2) is 84.3 Å². The van der Waals surface area contributed by atoms with E-state index in [1.807, 2.05) is 6.92 Å². The monoisotopic (exact) mass is 826 g/mol. The number of nitrogens with two attached hydrogens (primary N) is 3. The van der Waals surface area contributed by atoms with Crippen LogP contribution in [0.15, 0.2) is 64.4 Å². The Bertz CT molecular complexity index is 2590. The number of ether oxygens (including phenoxy) is 1. The van der Waals surface area contributed by atoms with Crippen LogP contribution >= 0.6 is 11.3 Å². The van der Waals surface area contributed by atoms with Gasteiger partial charge in [-0.15, -0.1) is 0 Å². The van der Waals surface area contributed by atoms with Gasteiger partial charge >= 0.3 is 0 Å². The number of primary amides is 2. The molecule has 0 saturated carbocycles. The van der Waals surface area contributed by atoms with Crippen molar-refractivity contribution in [3.8, 4) is 5.75 Å². The van der Waals surface area contributed by atoms with Crippen molar-refractivity contribution in [2.45, 2.75) is 60.2 Å². The number of imidazole rings is 1. The van der Waals surface area contributed by atoms with Gasteiger partial charge in [0.2, 0.25) is 23.7 Å². The second-order valence-corrected chi connectivity index (χ2v) is 14.0. The Labute approximate surface area is 341 Å². The maximum Gasteiger partial charge on any atom is 0.297 e. The molecule has 0 saturated heterocycles. The van der Waals surface area contributed by atoms with Crippen molar-refractivity contribution < 1.29 is 28.7 Å². The van der Waals surface area contributed by atoms with Gasteiger partial charge in [0, 0.05) is 57.1 Å². The van der Waals surface area contributed by atoms with Crippen LogP contribution in [0.25, 0.3) is 21.4 Å². The van der Waals surface area contributed by atoms with Crippen LogP contribution in [-0.2, 0) is 29.2 Å². The van der Waals surface area contributed by atoms with Gasteiger partial charge in [-0.2, -0.15) is 10.1 Å². The number of aryl methyl sites for hydroxylation is 2. The third-order valence-electron chi connectivity index (χ3n) is 8.48. The zero-order valence-electron chi connectivity index (χ0n) is 33.2. The molecule has 21 heteroatoms. The molecule has 5 rings (SSSR count). The first-order valence-electron chi connectivity index (χ1n) is 18.5. The van der Waals surface area contributed by atoms with Gasteiger partial charge in [-0.3, -0.25) is 49.0 Å². The molecule has 5 amide bonds. The van der Waals surface area contributed by atoms with Crippen LogP contribution in [0.1, 0.15) is 70.5 Å². The Hall–Kier alpha value is -7.00. The zero-order valence-corrected chi connectivity index (χ0v) is 34.1. The number of nitrogens with one attached hydrogen (secondary N) is 3. The van der Waals surface area contributed by atoms with Crippen LogP contribution < -0.4 is 42.9 Å². The predicted molar refractivity (Wildman–Crippen MR) is 223 cm³/mol. The van der Waals surface area contributed by atoms with Crippen LogP contribution in [0, 0.1) is 6.92 Å². The molecule has 20 nitrogen and oxygen atoms in total. The van der Waals surface area contributed by atoms with E-state index in [-0.39, 0.29) is 60.6 Å². The summed E-state index contributed by atoms with van der Waals surface area (Å²) < 4.78 is 11.7. The number of amides is 5. The molecule has 0 aliphatic rings. The molecule has 59 heavy (non-hydrogen) atoms. The van der Waals surface area contributed by atoms with Gasteiger partial charge in [-0.1, -0.05) is 23.5 Å². The van der Waals surface area contributed by atoms with Crippen molar-refractivity contribution in [1.29, 1.82) is 0 Å². The number of hydrogen-bond acceptors (Lipinski definition) is 13. The minimum atomic E-state index is -0.725. The first-order chi connectivity index (χ1) is 28.2. The van der Waals surface area contributed by atoms with Gasteiger partial charge in [0.15, 0.2) is 10.4 Å². The summed E-state index contributed by atoms with van der Waals surface area (Å²) in [5, 5.41) is 7.18. The van der Waals surface area contributed by atoms with E-state index in [2.05, 4.69) is 41.2 Å². The summed E-state index contributed by atoms with van der Waals surface area (Å²) in [6.07, 6.45) is 6.91. The standard InChI is InChI=1S/C38H46N14O6S/c1-6-43-26(15-21(3)39)35(56)46-37-45-25-17-23(32(40)54)18-28(58-14-10-11-30(53)48-42-5)31(25)50(37)12-8-9-13-51-34-29(19-24(20-44-34)33(41)55)59-38(51)47-36(57)27-16-22(4)49-52(27)7-2/h8-9,15-20,42H,6-7,10-14,39H2,1-5H3,(H2,40,54)(H2,41,55)(H,48,53)(H,45,46,56)/b9-8+,21-15-,43-26?,47-38?.